The van der Waals surface area contributed by atoms with Gasteiger partial charge in [0.25, 0.3) is 0 Å². The maximum absolute atomic E-state index is 12.4. The van der Waals surface area contributed by atoms with Crippen LogP contribution in [-0.2, 0) is 16.1 Å². The number of likely N-dealkylation sites (N-methyl/N-ethyl adjacent to an activating group) is 1. The maximum atomic E-state index is 12.4. The van der Waals surface area contributed by atoms with Gasteiger partial charge in [-0.25, -0.2) is 0 Å². The Balaban J connectivity index is 1.59. The molecule has 31 heavy (non-hydrogen) atoms. The van der Waals surface area contributed by atoms with Gasteiger partial charge in [0.2, 0.25) is 0 Å². The van der Waals surface area contributed by atoms with E-state index >= 15 is 0 Å². The van der Waals surface area contributed by atoms with Crippen molar-refractivity contribution in [1.29, 1.82) is 0 Å². The summed E-state index contributed by atoms with van der Waals surface area (Å²) in [6.45, 7) is 6.45. The highest BCUT2D eigenvalue weighted by Gasteiger charge is 2.25. The molecule has 1 aliphatic heterocycles. The Bertz CT molecular complexity index is 859. The fraction of sp³-hybridized carbons (Fsp3) is 0.417. The molecule has 1 fully saturated rings. The van der Waals surface area contributed by atoms with Gasteiger partial charge in [-0.3, -0.25) is 14.5 Å². The molecule has 1 atom stereocenters. The number of rotatable bonds is 7. The van der Waals surface area contributed by atoms with Gasteiger partial charge in [-0.1, -0.05) is 42.0 Å². The van der Waals surface area contributed by atoms with E-state index in [9.17, 15) is 9.59 Å². The van der Waals surface area contributed by atoms with Crippen LogP contribution in [0.15, 0.2) is 48.5 Å². The second-order valence-corrected chi connectivity index (χ2v) is 8.01. The molecule has 0 bridgehead atoms. The van der Waals surface area contributed by atoms with E-state index < -0.39 is 11.8 Å². The quantitative estimate of drug-likeness (QED) is 0.663. The minimum absolute atomic E-state index is 0.00606. The van der Waals surface area contributed by atoms with Crippen LogP contribution in [0.25, 0.3) is 0 Å². The summed E-state index contributed by atoms with van der Waals surface area (Å²) in [7, 11) is 3.75. The van der Waals surface area contributed by atoms with E-state index in [-0.39, 0.29) is 6.04 Å². The van der Waals surface area contributed by atoms with Crippen molar-refractivity contribution in [2.45, 2.75) is 19.5 Å². The van der Waals surface area contributed by atoms with Crippen molar-refractivity contribution in [2.24, 2.45) is 0 Å². The molecular formula is C24H32N4O3. The highest BCUT2D eigenvalue weighted by molar-refractivity contribution is 6.35. The molecule has 3 rings (SSSR count). The average Bonchev–Trinajstić information content (AvgIpc) is 2.80. The zero-order chi connectivity index (χ0) is 22.2. The first-order chi connectivity index (χ1) is 15.0. The smallest absolute Gasteiger partial charge is 0.309 e. The van der Waals surface area contributed by atoms with Crippen LogP contribution in [0.3, 0.4) is 0 Å². The predicted molar refractivity (Wildman–Crippen MR) is 121 cm³/mol. The lowest BCUT2D eigenvalue weighted by Gasteiger charge is -2.38. The first-order valence-corrected chi connectivity index (χ1v) is 10.6. The molecule has 7 nitrogen and oxygen atoms in total. The standard InChI is InChI=1S/C24H32N4O3/c1-18-4-6-19(7-5-18)16-25-23(29)24(30)26-17-22(28-14-12-27(2)13-15-28)20-8-10-21(31-3)11-9-20/h4-11,22H,12-17H2,1-3H3,(H,25,29)(H,26,30). The van der Waals surface area contributed by atoms with Gasteiger partial charge in [-0.05, 0) is 37.2 Å². The van der Waals surface area contributed by atoms with Crippen molar-refractivity contribution in [2.75, 3.05) is 46.9 Å². The Morgan fingerprint density at radius 1 is 0.935 bits per heavy atom. The second kappa shape index (κ2) is 10.9. The Labute approximate surface area is 184 Å². The second-order valence-electron chi connectivity index (χ2n) is 8.01. The van der Waals surface area contributed by atoms with Gasteiger partial charge < -0.3 is 20.3 Å². The molecule has 1 heterocycles. The van der Waals surface area contributed by atoms with Crippen molar-refractivity contribution in [1.82, 2.24) is 20.4 Å². The molecule has 7 heteroatoms. The largest absolute Gasteiger partial charge is 0.497 e. The summed E-state index contributed by atoms with van der Waals surface area (Å²) in [5.74, 6) is -0.437. The van der Waals surface area contributed by atoms with Crippen molar-refractivity contribution >= 4 is 11.8 Å². The van der Waals surface area contributed by atoms with Crippen LogP contribution in [0.4, 0.5) is 0 Å². The molecule has 2 N–H and O–H groups in total. The number of piperazine rings is 1. The molecule has 0 aliphatic carbocycles. The fourth-order valence-electron chi connectivity index (χ4n) is 3.66. The first kappa shape index (κ1) is 22.8. The number of aryl methyl sites for hydroxylation is 1. The van der Waals surface area contributed by atoms with Crippen LogP contribution < -0.4 is 15.4 Å². The van der Waals surface area contributed by atoms with E-state index in [2.05, 4.69) is 27.5 Å². The summed E-state index contributed by atoms with van der Waals surface area (Å²) in [5.41, 5.74) is 3.20. The Morgan fingerprint density at radius 2 is 1.55 bits per heavy atom. The Kier molecular flexibility index (Phi) is 8.03. The van der Waals surface area contributed by atoms with E-state index in [1.165, 1.54) is 0 Å². The van der Waals surface area contributed by atoms with Crippen molar-refractivity contribution in [3.05, 3.63) is 65.2 Å². The van der Waals surface area contributed by atoms with Crippen LogP contribution in [0.1, 0.15) is 22.7 Å². The van der Waals surface area contributed by atoms with Gasteiger partial charge in [-0.15, -0.1) is 0 Å². The summed E-state index contributed by atoms with van der Waals surface area (Å²) < 4.78 is 5.27. The number of nitrogens with one attached hydrogen (secondary N) is 2. The van der Waals surface area contributed by atoms with Crippen LogP contribution in [0.2, 0.25) is 0 Å². The van der Waals surface area contributed by atoms with Gasteiger partial charge in [0, 0.05) is 39.3 Å². The summed E-state index contributed by atoms with van der Waals surface area (Å²) in [6.07, 6.45) is 0. The van der Waals surface area contributed by atoms with Crippen LogP contribution in [0, 0.1) is 6.92 Å². The Hall–Kier alpha value is -2.90. The molecule has 0 aromatic heterocycles. The minimum atomic E-state index is -0.618. The zero-order valence-corrected chi connectivity index (χ0v) is 18.6. The Morgan fingerprint density at radius 3 is 2.16 bits per heavy atom. The van der Waals surface area contributed by atoms with Crippen LogP contribution >= 0.6 is 0 Å². The summed E-state index contributed by atoms with van der Waals surface area (Å²) in [5, 5.41) is 5.52. The molecule has 1 aliphatic rings. The third-order valence-electron chi connectivity index (χ3n) is 5.72. The van der Waals surface area contributed by atoms with E-state index in [0.29, 0.717) is 13.1 Å². The van der Waals surface area contributed by atoms with E-state index in [1.807, 2.05) is 55.5 Å². The van der Waals surface area contributed by atoms with Gasteiger partial charge >= 0.3 is 11.8 Å². The number of carbonyl (C=O) groups is 2. The van der Waals surface area contributed by atoms with E-state index in [1.54, 1.807) is 7.11 Å². The molecule has 0 radical (unpaired) electrons. The zero-order valence-electron chi connectivity index (χ0n) is 18.6. The lowest BCUT2D eigenvalue weighted by molar-refractivity contribution is -0.139. The SMILES string of the molecule is COc1ccc(C(CNC(=O)C(=O)NCc2ccc(C)cc2)N2CCN(C)CC2)cc1. The number of benzene rings is 2. The number of carbonyl (C=O) groups excluding carboxylic acids is 2. The van der Waals surface area contributed by atoms with Crippen molar-refractivity contribution in [3.8, 4) is 5.75 Å². The molecular weight excluding hydrogens is 392 g/mol. The average molecular weight is 425 g/mol. The maximum Gasteiger partial charge on any atom is 0.309 e. The van der Waals surface area contributed by atoms with Gasteiger partial charge in [0.15, 0.2) is 0 Å². The molecule has 2 aromatic carbocycles. The van der Waals surface area contributed by atoms with Gasteiger partial charge in [0.05, 0.1) is 13.2 Å². The summed E-state index contributed by atoms with van der Waals surface area (Å²) in [4.78, 5) is 29.3. The molecule has 166 valence electrons. The summed E-state index contributed by atoms with van der Waals surface area (Å²) in [6, 6.07) is 15.7. The third-order valence-corrected chi connectivity index (χ3v) is 5.72. The lowest BCUT2D eigenvalue weighted by Crippen LogP contribution is -2.49. The topological polar surface area (TPSA) is 73.9 Å². The number of ether oxygens (including phenoxy) is 1. The predicted octanol–water partition coefficient (Wildman–Crippen LogP) is 1.72. The van der Waals surface area contributed by atoms with E-state index in [4.69, 9.17) is 4.74 Å². The molecule has 0 spiro atoms. The fourth-order valence-corrected chi connectivity index (χ4v) is 3.66. The number of hydrogen-bond acceptors (Lipinski definition) is 5. The summed E-state index contributed by atoms with van der Waals surface area (Å²) >= 11 is 0. The van der Waals surface area contributed by atoms with E-state index in [0.717, 1.165) is 48.6 Å². The normalized spacial score (nSPS) is 15.8. The van der Waals surface area contributed by atoms with Crippen molar-refractivity contribution in [3.63, 3.8) is 0 Å². The third kappa shape index (κ3) is 6.54. The molecule has 1 saturated heterocycles. The van der Waals surface area contributed by atoms with Crippen LogP contribution in [0.5, 0.6) is 5.75 Å². The lowest BCUT2D eigenvalue weighted by atomic mass is 10.0. The first-order valence-electron chi connectivity index (χ1n) is 10.6. The van der Waals surface area contributed by atoms with Crippen LogP contribution in [-0.4, -0.2) is 68.5 Å². The monoisotopic (exact) mass is 424 g/mol. The number of amides is 2. The van der Waals surface area contributed by atoms with Crippen molar-refractivity contribution < 1.29 is 14.3 Å². The molecule has 1 unspecified atom stereocenters. The highest BCUT2D eigenvalue weighted by Crippen LogP contribution is 2.24. The number of hydrogen-bond donors (Lipinski definition) is 2. The van der Waals surface area contributed by atoms with Gasteiger partial charge in [0.1, 0.15) is 5.75 Å². The molecule has 2 aromatic rings. The molecule has 2 amide bonds. The van der Waals surface area contributed by atoms with Gasteiger partial charge in [-0.2, -0.15) is 0 Å². The number of nitrogens with zero attached hydrogens (tertiary/aromatic N) is 2. The minimum Gasteiger partial charge on any atom is -0.497 e. The number of methoxy groups -OCH3 is 1. The molecule has 0 saturated carbocycles. The highest BCUT2D eigenvalue weighted by atomic mass is 16.5.